The molecule has 0 spiro atoms. The second-order valence-electron chi connectivity index (χ2n) is 8.09. The Morgan fingerprint density at radius 3 is 1.87 bits per heavy atom. The molecule has 2 fully saturated rings. The van der Waals surface area contributed by atoms with Crippen LogP contribution in [0.2, 0.25) is 0 Å². The zero-order chi connectivity index (χ0) is 21.3. The fraction of sp³-hybridized carbons (Fsp3) is 0.565. The second-order valence-corrected chi connectivity index (χ2v) is 8.09. The Balaban J connectivity index is 1.83. The Morgan fingerprint density at radius 1 is 0.867 bits per heavy atom. The maximum atomic E-state index is 13.0. The number of alkyl halides is 2. The largest absolute Gasteiger partial charge is 0.434 e. The topological polar surface area (TPSA) is 67.4 Å². The van der Waals surface area contributed by atoms with Gasteiger partial charge in [0.05, 0.1) is 0 Å². The number of rotatable bonds is 7. The fourth-order valence-corrected chi connectivity index (χ4v) is 4.21. The van der Waals surface area contributed by atoms with Gasteiger partial charge in [-0.3, -0.25) is 9.59 Å². The average molecular weight is 421 g/mol. The molecule has 2 aliphatic rings. The summed E-state index contributed by atoms with van der Waals surface area (Å²) in [5.41, 5.74) is 0.196. The van der Waals surface area contributed by atoms with Crippen molar-refractivity contribution in [2.75, 3.05) is 0 Å². The minimum absolute atomic E-state index is 0.0321. The zero-order valence-corrected chi connectivity index (χ0v) is 17.2. The van der Waals surface area contributed by atoms with Crippen LogP contribution in [0.3, 0.4) is 0 Å². The maximum absolute atomic E-state index is 13.0. The van der Waals surface area contributed by atoms with Gasteiger partial charge in [0.15, 0.2) is 0 Å². The van der Waals surface area contributed by atoms with Crippen LogP contribution in [0.25, 0.3) is 6.08 Å². The third-order valence-electron chi connectivity index (χ3n) is 5.80. The number of benzene rings is 1. The molecular weight excluding hydrogens is 390 g/mol. The van der Waals surface area contributed by atoms with Gasteiger partial charge in [0, 0.05) is 17.6 Å². The van der Waals surface area contributed by atoms with Crippen LogP contribution in [0.1, 0.15) is 69.8 Å². The molecule has 5 nitrogen and oxygen atoms in total. The van der Waals surface area contributed by atoms with Crippen LogP contribution in [0.15, 0.2) is 29.8 Å². The van der Waals surface area contributed by atoms with Gasteiger partial charge in [-0.25, -0.2) is 0 Å². The Kier molecular flexibility index (Phi) is 8.22. The first-order chi connectivity index (χ1) is 14.5. The number of para-hydroxylation sites is 1. The summed E-state index contributed by atoms with van der Waals surface area (Å²) in [5.74, 6) is -1.01. The van der Waals surface area contributed by atoms with Crippen LogP contribution in [0, 0.1) is 0 Å². The van der Waals surface area contributed by atoms with E-state index in [-0.39, 0.29) is 29.0 Å². The molecular formula is C23H30F2N2O3. The standard InChI is InChI=1S/C23H30F2N2O3/c24-23(25)30-20-14-8-7-9-16(20)15-19(21(28)26-17-10-3-1-4-11-17)22(29)27-18-12-5-2-6-13-18/h7-9,14-15,17-18,23H,1-6,10-13H2,(H,26,28)(H,27,29). The minimum atomic E-state index is -2.99. The predicted molar refractivity (Wildman–Crippen MR) is 111 cm³/mol. The molecule has 0 radical (unpaired) electrons. The number of hydrogen-bond acceptors (Lipinski definition) is 3. The monoisotopic (exact) mass is 420 g/mol. The first kappa shape index (κ1) is 22.2. The van der Waals surface area contributed by atoms with Crippen molar-refractivity contribution in [3.05, 3.63) is 35.4 Å². The summed E-state index contributed by atoms with van der Waals surface area (Å²) >= 11 is 0. The molecule has 0 saturated heterocycles. The Hall–Kier alpha value is -2.44. The quantitative estimate of drug-likeness (QED) is 0.386. The number of ether oxygens (including phenoxy) is 1. The van der Waals surface area contributed by atoms with Crippen molar-refractivity contribution >= 4 is 17.9 Å². The van der Waals surface area contributed by atoms with Gasteiger partial charge in [-0.05, 0) is 37.8 Å². The van der Waals surface area contributed by atoms with E-state index in [1.165, 1.54) is 12.1 Å². The second kappa shape index (κ2) is 11.1. The Morgan fingerprint density at radius 2 is 1.37 bits per heavy atom. The highest BCUT2D eigenvalue weighted by Gasteiger charge is 2.25. The van der Waals surface area contributed by atoms with Crippen molar-refractivity contribution in [1.29, 1.82) is 0 Å². The highest BCUT2D eigenvalue weighted by atomic mass is 19.3. The highest BCUT2D eigenvalue weighted by molar-refractivity contribution is 6.22. The van der Waals surface area contributed by atoms with Crippen molar-refractivity contribution in [3.8, 4) is 5.75 Å². The van der Waals surface area contributed by atoms with Crippen molar-refractivity contribution in [2.24, 2.45) is 0 Å². The first-order valence-electron chi connectivity index (χ1n) is 10.9. The molecule has 1 aromatic carbocycles. The van der Waals surface area contributed by atoms with E-state index in [0.29, 0.717) is 0 Å². The van der Waals surface area contributed by atoms with Gasteiger partial charge in [0.1, 0.15) is 11.3 Å². The zero-order valence-electron chi connectivity index (χ0n) is 17.2. The van der Waals surface area contributed by atoms with E-state index in [2.05, 4.69) is 15.4 Å². The third-order valence-corrected chi connectivity index (χ3v) is 5.80. The van der Waals surface area contributed by atoms with Gasteiger partial charge in [0.25, 0.3) is 11.8 Å². The lowest BCUT2D eigenvalue weighted by Gasteiger charge is -2.25. The average Bonchev–Trinajstić information content (AvgIpc) is 2.74. The molecule has 2 saturated carbocycles. The summed E-state index contributed by atoms with van der Waals surface area (Å²) in [6, 6.07) is 6.24. The molecule has 0 bridgehead atoms. The molecule has 30 heavy (non-hydrogen) atoms. The fourth-order valence-electron chi connectivity index (χ4n) is 4.21. The van der Waals surface area contributed by atoms with Crippen LogP contribution >= 0.6 is 0 Å². The molecule has 164 valence electrons. The van der Waals surface area contributed by atoms with Gasteiger partial charge < -0.3 is 15.4 Å². The van der Waals surface area contributed by atoms with Crippen LogP contribution in [-0.2, 0) is 9.59 Å². The summed E-state index contributed by atoms with van der Waals surface area (Å²) in [7, 11) is 0. The van der Waals surface area contributed by atoms with Gasteiger partial charge >= 0.3 is 6.61 Å². The molecule has 0 aromatic heterocycles. The smallest absolute Gasteiger partial charge is 0.387 e. The SMILES string of the molecule is O=C(NC1CCCCC1)C(=Cc1ccccc1OC(F)F)C(=O)NC1CCCCC1. The Labute approximate surface area is 176 Å². The molecule has 2 N–H and O–H groups in total. The lowest BCUT2D eigenvalue weighted by molar-refractivity contribution is -0.124. The molecule has 0 atom stereocenters. The van der Waals surface area contributed by atoms with Crippen molar-refractivity contribution < 1.29 is 23.1 Å². The van der Waals surface area contributed by atoms with E-state index in [1.807, 2.05) is 0 Å². The van der Waals surface area contributed by atoms with Crippen LogP contribution < -0.4 is 15.4 Å². The maximum Gasteiger partial charge on any atom is 0.387 e. The molecule has 0 heterocycles. The number of hydrogen-bond donors (Lipinski definition) is 2. The summed E-state index contributed by atoms with van der Waals surface area (Å²) in [6.45, 7) is -2.99. The van der Waals surface area contributed by atoms with Crippen molar-refractivity contribution in [1.82, 2.24) is 10.6 Å². The van der Waals surface area contributed by atoms with Crippen LogP contribution in [0.5, 0.6) is 5.75 Å². The highest BCUT2D eigenvalue weighted by Crippen LogP contribution is 2.24. The van der Waals surface area contributed by atoms with E-state index in [9.17, 15) is 18.4 Å². The summed E-state index contributed by atoms with van der Waals surface area (Å²) < 4.78 is 30.1. The van der Waals surface area contributed by atoms with E-state index >= 15 is 0 Å². The Bertz CT molecular complexity index is 721. The lowest BCUT2D eigenvalue weighted by Crippen LogP contribution is -2.43. The molecule has 3 rings (SSSR count). The number of carbonyl (C=O) groups excluding carboxylic acids is 2. The van der Waals surface area contributed by atoms with E-state index in [0.717, 1.165) is 64.2 Å². The number of halogens is 2. The third kappa shape index (κ3) is 6.54. The van der Waals surface area contributed by atoms with Gasteiger partial charge in [-0.2, -0.15) is 8.78 Å². The molecule has 7 heteroatoms. The minimum Gasteiger partial charge on any atom is -0.434 e. The van der Waals surface area contributed by atoms with E-state index in [1.54, 1.807) is 18.2 Å². The lowest BCUT2D eigenvalue weighted by atomic mass is 9.94. The number of nitrogens with one attached hydrogen (secondary N) is 2. The molecule has 2 amide bonds. The predicted octanol–water partition coefficient (Wildman–Crippen LogP) is 4.57. The van der Waals surface area contributed by atoms with E-state index in [4.69, 9.17) is 0 Å². The molecule has 1 aromatic rings. The van der Waals surface area contributed by atoms with Gasteiger partial charge in [-0.1, -0.05) is 56.7 Å². The van der Waals surface area contributed by atoms with Crippen molar-refractivity contribution in [2.45, 2.75) is 82.9 Å². The number of carbonyl (C=O) groups is 2. The van der Waals surface area contributed by atoms with Gasteiger partial charge in [-0.15, -0.1) is 0 Å². The molecule has 2 aliphatic carbocycles. The van der Waals surface area contributed by atoms with Crippen LogP contribution in [0.4, 0.5) is 8.78 Å². The number of amides is 2. The summed E-state index contributed by atoms with van der Waals surface area (Å²) in [4.78, 5) is 26.0. The summed E-state index contributed by atoms with van der Waals surface area (Å²) in [5, 5.41) is 5.92. The van der Waals surface area contributed by atoms with Crippen LogP contribution in [-0.4, -0.2) is 30.5 Å². The van der Waals surface area contributed by atoms with E-state index < -0.39 is 18.4 Å². The normalized spacial score (nSPS) is 18.0. The van der Waals surface area contributed by atoms with Gasteiger partial charge in [0.2, 0.25) is 0 Å². The summed E-state index contributed by atoms with van der Waals surface area (Å²) in [6.07, 6.45) is 11.4. The first-order valence-corrected chi connectivity index (χ1v) is 10.9. The molecule has 0 aliphatic heterocycles. The van der Waals surface area contributed by atoms with Crippen molar-refractivity contribution in [3.63, 3.8) is 0 Å². The molecule has 0 unspecified atom stereocenters.